The van der Waals surface area contributed by atoms with Crippen LogP contribution in [-0.2, 0) is 0 Å². The fourth-order valence-corrected chi connectivity index (χ4v) is 3.64. The summed E-state index contributed by atoms with van der Waals surface area (Å²) in [6.45, 7) is 17.5. The van der Waals surface area contributed by atoms with E-state index >= 15 is 0 Å². The summed E-state index contributed by atoms with van der Waals surface area (Å²) >= 11 is 0. The smallest absolute Gasteiger partial charge is 0.0110 e. The molecule has 0 aliphatic carbocycles. The van der Waals surface area contributed by atoms with Crippen LogP contribution in [0.3, 0.4) is 0 Å². The maximum absolute atomic E-state index is 2.70. The average Bonchev–Trinajstić information content (AvgIpc) is 2.42. The van der Waals surface area contributed by atoms with Crippen LogP contribution in [-0.4, -0.2) is 73.1 Å². The van der Waals surface area contributed by atoms with Gasteiger partial charge in [0, 0.05) is 51.9 Å². The maximum Gasteiger partial charge on any atom is 0.0110 e. The van der Waals surface area contributed by atoms with E-state index in [1.54, 1.807) is 0 Å². The quantitative estimate of drug-likeness (QED) is 0.677. The van der Waals surface area contributed by atoms with E-state index in [2.05, 4.69) is 35.5 Å². The first-order valence-corrected chi connectivity index (χ1v) is 8.91. The topological polar surface area (TPSA) is 9.72 Å². The second kappa shape index (κ2) is 8.35. The predicted octanol–water partition coefficient (Wildman–Crippen LogP) is 2.52. The minimum absolute atomic E-state index is 0.813. The van der Waals surface area contributed by atoms with E-state index < -0.39 is 0 Å². The molecule has 3 nitrogen and oxygen atoms in total. The molecule has 2 fully saturated rings. The van der Waals surface area contributed by atoms with Crippen molar-refractivity contribution in [2.24, 2.45) is 5.92 Å². The molecule has 1 unspecified atom stereocenters. The van der Waals surface area contributed by atoms with Crippen molar-refractivity contribution in [1.82, 2.24) is 14.7 Å². The van der Waals surface area contributed by atoms with Crippen LogP contribution < -0.4 is 0 Å². The van der Waals surface area contributed by atoms with Crippen molar-refractivity contribution in [3.63, 3.8) is 0 Å². The second-order valence-electron chi connectivity index (χ2n) is 6.95. The molecule has 2 aliphatic heterocycles. The lowest BCUT2D eigenvalue weighted by Gasteiger charge is -2.46. The van der Waals surface area contributed by atoms with Crippen molar-refractivity contribution < 1.29 is 0 Å². The van der Waals surface area contributed by atoms with Gasteiger partial charge in [0.25, 0.3) is 0 Å². The molecule has 0 aromatic heterocycles. The third kappa shape index (κ3) is 4.71. The van der Waals surface area contributed by atoms with Crippen molar-refractivity contribution in [2.45, 2.75) is 52.5 Å². The fraction of sp³-hybridized carbons (Fsp3) is 1.00. The molecule has 118 valence electrons. The standard InChI is InChI=1S/C17H35N3/c1-4-6-7-16(3)20-14-17(15-20)13-19-11-9-18(8-5-2)10-12-19/h16-17H,4-15H2,1-3H3. The Morgan fingerprint density at radius 2 is 1.60 bits per heavy atom. The van der Waals surface area contributed by atoms with Crippen LogP contribution in [0, 0.1) is 5.92 Å². The highest BCUT2D eigenvalue weighted by atomic mass is 15.3. The minimum Gasteiger partial charge on any atom is -0.301 e. The van der Waals surface area contributed by atoms with E-state index in [1.807, 2.05) is 0 Å². The lowest BCUT2D eigenvalue weighted by atomic mass is 9.95. The maximum atomic E-state index is 2.70. The highest BCUT2D eigenvalue weighted by Gasteiger charge is 2.31. The lowest BCUT2D eigenvalue weighted by Crippen LogP contribution is -2.56. The Morgan fingerprint density at radius 1 is 0.950 bits per heavy atom. The molecule has 2 rings (SSSR count). The van der Waals surface area contributed by atoms with Gasteiger partial charge in [-0.1, -0.05) is 26.7 Å². The van der Waals surface area contributed by atoms with Gasteiger partial charge < -0.3 is 9.80 Å². The van der Waals surface area contributed by atoms with Crippen LogP contribution in [0.15, 0.2) is 0 Å². The van der Waals surface area contributed by atoms with Crippen molar-refractivity contribution in [1.29, 1.82) is 0 Å². The van der Waals surface area contributed by atoms with Gasteiger partial charge in [-0.05, 0) is 32.2 Å². The Kier molecular flexibility index (Phi) is 6.79. The van der Waals surface area contributed by atoms with Gasteiger partial charge in [0.2, 0.25) is 0 Å². The molecule has 0 spiro atoms. The molecule has 2 heterocycles. The van der Waals surface area contributed by atoms with Gasteiger partial charge in [-0.15, -0.1) is 0 Å². The first-order valence-electron chi connectivity index (χ1n) is 8.91. The van der Waals surface area contributed by atoms with Gasteiger partial charge in [-0.2, -0.15) is 0 Å². The first kappa shape index (κ1) is 16.3. The van der Waals surface area contributed by atoms with Gasteiger partial charge in [-0.3, -0.25) is 4.90 Å². The average molecular weight is 281 g/mol. The highest BCUT2D eigenvalue weighted by molar-refractivity contribution is 4.86. The highest BCUT2D eigenvalue weighted by Crippen LogP contribution is 2.22. The molecular weight excluding hydrogens is 246 g/mol. The molecule has 0 N–H and O–H groups in total. The van der Waals surface area contributed by atoms with Crippen molar-refractivity contribution in [3.05, 3.63) is 0 Å². The van der Waals surface area contributed by atoms with Crippen LogP contribution in [0.1, 0.15) is 46.5 Å². The van der Waals surface area contributed by atoms with Crippen molar-refractivity contribution >= 4 is 0 Å². The van der Waals surface area contributed by atoms with Crippen LogP contribution >= 0.6 is 0 Å². The van der Waals surface area contributed by atoms with Gasteiger partial charge in [0.1, 0.15) is 0 Å². The third-order valence-electron chi connectivity index (χ3n) is 5.11. The molecule has 0 saturated carbocycles. The number of hydrogen-bond acceptors (Lipinski definition) is 3. The van der Waals surface area contributed by atoms with Crippen LogP contribution in [0.4, 0.5) is 0 Å². The summed E-state index contributed by atoms with van der Waals surface area (Å²) in [6, 6.07) is 0.813. The number of piperazine rings is 1. The monoisotopic (exact) mass is 281 g/mol. The molecule has 1 atom stereocenters. The molecular formula is C17H35N3. The molecule has 0 radical (unpaired) electrons. The summed E-state index contributed by atoms with van der Waals surface area (Å²) in [5.74, 6) is 0.941. The largest absolute Gasteiger partial charge is 0.301 e. The molecule has 0 bridgehead atoms. The Morgan fingerprint density at radius 3 is 2.20 bits per heavy atom. The Labute approximate surface area is 126 Å². The number of nitrogens with zero attached hydrogens (tertiary/aromatic N) is 3. The molecule has 0 aromatic carbocycles. The summed E-state index contributed by atoms with van der Waals surface area (Å²) in [5, 5.41) is 0. The predicted molar refractivity (Wildman–Crippen MR) is 87.2 cm³/mol. The summed E-state index contributed by atoms with van der Waals surface area (Å²) in [7, 11) is 0. The zero-order chi connectivity index (χ0) is 14.4. The molecule has 2 aliphatic rings. The molecule has 0 amide bonds. The summed E-state index contributed by atoms with van der Waals surface area (Å²) in [6.07, 6.45) is 5.41. The number of hydrogen-bond donors (Lipinski definition) is 0. The molecule has 2 saturated heterocycles. The van der Waals surface area contributed by atoms with Gasteiger partial charge >= 0.3 is 0 Å². The minimum atomic E-state index is 0.813. The first-order chi connectivity index (χ1) is 9.72. The van der Waals surface area contributed by atoms with E-state index in [1.165, 1.54) is 78.0 Å². The van der Waals surface area contributed by atoms with Crippen LogP contribution in [0.2, 0.25) is 0 Å². The summed E-state index contributed by atoms with van der Waals surface area (Å²) in [5.41, 5.74) is 0. The van der Waals surface area contributed by atoms with E-state index in [9.17, 15) is 0 Å². The zero-order valence-electron chi connectivity index (χ0n) is 14.0. The van der Waals surface area contributed by atoms with E-state index in [0.29, 0.717) is 0 Å². The number of rotatable bonds is 8. The van der Waals surface area contributed by atoms with E-state index in [-0.39, 0.29) is 0 Å². The number of likely N-dealkylation sites (tertiary alicyclic amines) is 1. The molecule has 3 heteroatoms. The Hall–Kier alpha value is -0.120. The summed E-state index contributed by atoms with van der Waals surface area (Å²) in [4.78, 5) is 8.01. The summed E-state index contributed by atoms with van der Waals surface area (Å²) < 4.78 is 0. The zero-order valence-corrected chi connectivity index (χ0v) is 14.0. The van der Waals surface area contributed by atoms with Crippen molar-refractivity contribution in [2.75, 3.05) is 52.4 Å². The third-order valence-corrected chi connectivity index (χ3v) is 5.11. The Bertz CT molecular complexity index is 255. The van der Waals surface area contributed by atoms with E-state index in [4.69, 9.17) is 0 Å². The SMILES string of the molecule is CCCCC(C)N1CC(CN2CCN(CCC)CC2)C1. The Balaban J connectivity index is 1.56. The van der Waals surface area contributed by atoms with Crippen LogP contribution in [0.25, 0.3) is 0 Å². The van der Waals surface area contributed by atoms with Gasteiger partial charge in [-0.25, -0.2) is 0 Å². The molecule has 0 aromatic rings. The van der Waals surface area contributed by atoms with Crippen LogP contribution in [0.5, 0.6) is 0 Å². The fourth-order valence-electron chi connectivity index (χ4n) is 3.64. The van der Waals surface area contributed by atoms with Crippen molar-refractivity contribution in [3.8, 4) is 0 Å². The number of unbranched alkanes of at least 4 members (excludes halogenated alkanes) is 1. The second-order valence-corrected chi connectivity index (χ2v) is 6.95. The van der Waals surface area contributed by atoms with Gasteiger partial charge in [0.15, 0.2) is 0 Å². The molecule has 20 heavy (non-hydrogen) atoms. The van der Waals surface area contributed by atoms with Gasteiger partial charge in [0.05, 0.1) is 0 Å². The normalized spacial score (nSPS) is 24.8. The van der Waals surface area contributed by atoms with E-state index in [0.717, 1.165) is 12.0 Å². The lowest BCUT2D eigenvalue weighted by molar-refractivity contribution is 0.0210.